The molecule has 0 aliphatic carbocycles. The van der Waals surface area contributed by atoms with Crippen LogP contribution in [0, 0.1) is 11.6 Å². The fraction of sp³-hybridized carbons (Fsp3) is 0.100. The molecule has 0 saturated heterocycles. The quantitative estimate of drug-likeness (QED) is 0.847. The van der Waals surface area contributed by atoms with Gasteiger partial charge in [0.2, 0.25) is 0 Å². The number of rotatable bonds is 3. The Morgan fingerprint density at radius 1 is 0.852 bits per heavy atom. The van der Waals surface area contributed by atoms with E-state index >= 15 is 0 Å². The highest BCUT2D eigenvalue weighted by Gasteiger charge is 2.42. The molecule has 2 heterocycles. The zero-order valence-electron chi connectivity index (χ0n) is 14.1. The molecule has 2 aliphatic rings. The normalized spacial score (nSPS) is 16.0. The van der Waals surface area contributed by atoms with E-state index in [2.05, 4.69) is 10.6 Å². The van der Waals surface area contributed by atoms with Gasteiger partial charge >= 0.3 is 0 Å². The lowest BCUT2D eigenvalue weighted by Crippen LogP contribution is -2.22. The Bertz CT molecular complexity index is 1090. The molecule has 7 heteroatoms. The minimum Gasteiger partial charge on any atom is -0.320 e. The SMILES string of the molecule is CCc1ccc(C2=C3C(=O)NC(c4cc(Cl)ccc4F)=C3C(=O)N2)c(F)c1. The van der Waals surface area contributed by atoms with Gasteiger partial charge in [-0.05, 0) is 42.3 Å². The second kappa shape index (κ2) is 6.32. The fourth-order valence-corrected chi connectivity index (χ4v) is 3.43. The first-order valence-electron chi connectivity index (χ1n) is 8.26. The summed E-state index contributed by atoms with van der Waals surface area (Å²) in [7, 11) is 0. The van der Waals surface area contributed by atoms with Crippen LogP contribution >= 0.6 is 11.6 Å². The van der Waals surface area contributed by atoms with E-state index in [0.29, 0.717) is 6.42 Å². The number of carbonyl (C=O) groups is 2. The van der Waals surface area contributed by atoms with Crippen LogP contribution in [0.5, 0.6) is 0 Å². The molecule has 0 aromatic heterocycles. The molecule has 0 unspecified atom stereocenters. The largest absolute Gasteiger partial charge is 0.320 e. The van der Waals surface area contributed by atoms with E-state index in [1.54, 1.807) is 6.07 Å². The van der Waals surface area contributed by atoms with Crippen molar-refractivity contribution in [2.45, 2.75) is 13.3 Å². The van der Waals surface area contributed by atoms with Crippen LogP contribution in [0.1, 0.15) is 23.6 Å². The van der Waals surface area contributed by atoms with E-state index in [0.717, 1.165) is 11.6 Å². The van der Waals surface area contributed by atoms with Gasteiger partial charge in [0.05, 0.1) is 22.5 Å². The van der Waals surface area contributed by atoms with Crippen LogP contribution < -0.4 is 10.6 Å². The lowest BCUT2D eigenvalue weighted by atomic mass is 10.0. The average Bonchev–Trinajstić information content (AvgIpc) is 3.16. The first-order valence-corrected chi connectivity index (χ1v) is 8.64. The second-order valence-corrected chi connectivity index (χ2v) is 6.64. The van der Waals surface area contributed by atoms with Crippen molar-refractivity contribution in [2.24, 2.45) is 0 Å². The van der Waals surface area contributed by atoms with Crippen molar-refractivity contribution in [3.8, 4) is 0 Å². The Balaban J connectivity index is 1.92. The molecule has 2 aliphatic heterocycles. The lowest BCUT2D eigenvalue weighted by molar-refractivity contribution is -0.117. The number of hydrogen-bond acceptors (Lipinski definition) is 2. The van der Waals surface area contributed by atoms with Gasteiger partial charge in [0.25, 0.3) is 11.8 Å². The van der Waals surface area contributed by atoms with Crippen LogP contribution in [0.3, 0.4) is 0 Å². The first-order chi connectivity index (χ1) is 12.9. The summed E-state index contributed by atoms with van der Waals surface area (Å²) in [4.78, 5) is 25.0. The number of amides is 2. The summed E-state index contributed by atoms with van der Waals surface area (Å²) in [5.74, 6) is -2.39. The van der Waals surface area contributed by atoms with Crippen LogP contribution in [0.4, 0.5) is 8.78 Å². The summed E-state index contributed by atoms with van der Waals surface area (Å²) in [6.45, 7) is 1.89. The molecule has 0 saturated carbocycles. The summed E-state index contributed by atoms with van der Waals surface area (Å²) in [5, 5.41) is 5.31. The van der Waals surface area contributed by atoms with Gasteiger partial charge in [-0.25, -0.2) is 8.78 Å². The Morgan fingerprint density at radius 2 is 1.48 bits per heavy atom. The van der Waals surface area contributed by atoms with Crippen LogP contribution in [-0.2, 0) is 16.0 Å². The van der Waals surface area contributed by atoms with Crippen LogP contribution in [0.2, 0.25) is 5.02 Å². The first kappa shape index (κ1) is 17.4. The molecule has 4 nitrogen and oxygen atoms in total. The summed E-state index contributed by atoms with van der Waals surface area (Å²) in [5.41, 5.74) is 0.970. The van der Waals surface area contributed by atoms with Crippen molar-refractivity contribution < 1.29 is 18.4 Å². The van der Waals surface area contributed by atoms with Gasteiger partial charge in [0.1, 0.15) is 11.6 Å². The van der Waals surface area contributed by atoms with Gasteiger partial charge in [0, 0.05) is 16.1 Å². The Morgan fingerprint density at radius 3 is 2.07 bits per heavy atom. The van der Waals surface area contributed by atoms with Crippen molar-refractivity contribution >= 4 is 34.8 Å². The molecule has 0 atom stereocenters. The zero-order chi connectivity index (χ0) is 19.3. The molecule has 2 N–H and O–H groups in total. The lowest BCUT2D eigenvalue weighted by Gasteiger charge is -2.09. The molecular weight excluding hydrogens is 374 g/mol. The number of halogens is 3. The Hall–Kier alpha value is -2.99. The van der Waals surface area contributed by atoms with E-state index in [9.17, 15) is 18.4 Å². The van der Waals surface area contributed by atoms with E-state index < -0.39 is 23.4 Å². The van der Waals surface area contributed by atoms with Crippen LogP contribution in [0.25, 0.3) is 11.4 Å². The van der Waals surface area contributed by atoms with E-state index in [1.807, 2.05) is 6.92 Å². The molecule has 0 radical (unpaired) electrons. The van der Waals surface area contributed by atoms with E-state index in [1.165, 1.54) is 24.3 Å². The number of hydrogen-bond donors (Lipinski definition) is 2. The smallest absolute Gasteiger partial charge is 0.258 e. The maximum Gasteiger partial charge on any atom is 0.258 e. The third kappa shape index (κ3) is 2.73. The van der Waals surface area contributed by atoms with Gasteiger partial charge in [-0.15, -0.1) is 0 Å². The molecule has 136 valence electrons. The van der Waals surface area contributed by atoms with Gasteiger partial charge < -0.3 is 10.6 Å². The monoisotopic (exact) mass is 386 g/mol. The highest BCUT2D eigenvalue weighted by molar-refractivity contribution is 6.32. The van der Waals surface area contributed by atoms with Crippen molar-refractivity contribution in [1.29, 1.82) is 0 Å². The van der Waals surface area contributed by atoms with Gasteiger partial charge in [-0.3, -0.25) is 9.59 Å². The zero-order valence-corrected chi connectivity index (χ0v) is 14.9. The number of fused-ring (bicyclic) bond motifs is 1. The Kier molecular flexibility index (Phi) is 4.08. The molecule has 4 rings (SSSR count). The van der Waals surface area contributed by atoms with E-state index in [4.69, 9.17) is 11.6 Å². The van der Waals surface area contributed by atoms with Crippen molar-refractivity contribution in [3.05, 3.63) is 80.9 Å². The van der Waals surface area contributed by atoms with Gasteiger partial charge in [-0.1, -0.05) is 24.6 Å². The number of nitrogens with one attached hydrogen (secondary N) is 2. The maximum absolute atomic E-state index is 14.5. The average molecular weight is 387 g/mol. The van der Waals surface area contributed by atoms with E-state index in [-0.39, 0.29) is 38.7 Å². The summed E-state index contributed by atoms with van der Waals surface area (Å²) >= 11 is 5.92. The van der Waals surface area contributed by atoms with Crippen molar-refractivity contribution in [1.82, 2.24) is 10.6 Å². The predicted octanol–water partition coefficient (Wildman–Crippen LogP) is 3.56. The second-order valence-electron chi connectivity index (χ2n) is 6.20. The number of benzene rings is 2. The Labute approximate surface area is 158 Å². The molecule has 0 spiro atoms. The van der Waals surface area contributed by atoms with Crippen molar-refractivity contribution in [2.75, 3.05) is 0 Å². The fourth-order valence-electron chi connectivity index (χ4n) is 3.26. The maximum atomic E-state index is 14.5. The van der Waals surface area contributed by atoms with Crippen LogP contribution in [0.15, 0.2) is 47.5 Å². The standard InChI is InChI=1S/C20H13ClF2N2O2/c1-2-9-3-5-11(14(23)7-9)17-15-16(20(27)24-17)18(25-19(15)26)12-8-10(21)4-6-13(12)22/h3-8H,2H2,1H3,(H,24,27)(H,25,26). The third-order valence-electron chi connectivity index (χ3n) is 4.59. The van der Waals surface area contributed by atoms with Crippen LogP contribution in [-0.4, -0.2) is 11.8 Å². The van der Waals surface area contributed by atoms with Gasteiger partial charge in [0.15, 0.2) is 0 Å². The topological polar surface area (TPSA) is 58.2 Å². The molecule has 2 amide bonds. The van der Waals surface area contributed by atoms with Gasteiger partial charge in [-0.2, -0.15) is 0 Å². The van der Waals surface area contributed by atoms with Crippen molar-refractivity contribution in [3.63, 3.8) is 0 Å². The number of carbonyl (C=O) groups excluding carboxylic acids is 2. The third-order valence-corrected chi connectivity index (χ3v) is 4.83. The minimum absolute atomic E-state index is 0.000877. The highest BCUT2D eigenvalue weighted by atomic mass is 35.5. The molecule has 2 aromatic carbocycles. The highest BCUT2D eigenvalue weighted by Crippen LogP contribution is 2.39. The molecule has 27 heavy (non-hydrogen) atoms. The molecule has 0 fully saturated rings. The number of aryl methyl sites for hydroxylation is 1. The summed E-state index contributed by atoms with van der Waals surface area (Å²) < 4.78 is 28.8. The summed E-state index contributed by atoms with van der Waals surface area (Å²) in [6, 6.07) is 8.45. The minimum atomic E-state index is -0.636. The predicted molar refractivity (Wildman–Crippen MR) is 97.3 cm³/mol. The summed E-state index contributed by atoms with van der Waals surface area (Å²) in [6.07, 6.45) is 0.652. The molecule has 0 bridgehead atoms. The molecular formula is C20H13ClF2N2O2. The molecule has 2 aromatic rings.